The third-order valence-electron chi connectivity index (χ3n) is 5.27. The molecule has 0 unspecified atom stereocenters. The Bertz CT molecular complexity index is 1230. The first kappa shape index (κ1) is 19.4. The van der Waals surface area contributed by atoms with Gasteiger partial charge in [-0.15, -0.1) is 10.2 Å². The predicted molar refractivity (Wildman–Crippen MR) is 123 cm³/mol. The van der Waals surface area contributed by atoms with Crippen molar-refractivity contribution in [2.75, 3.05) is 29.6 Å². The second-order valence-corrected chi connectivity index (χ2v) is 8.09. The summed E-state index contributed by atoms with van der Waals surface area (Å²) in [7, 11) is 1.65. The van der Waals surface area contributed by atoms with Crippen LogP contribution in [0.15, 0.2) is 71.9 Å². The minimum atomic E-state index is -0.0660. The second-order valence-electron chi connectivity index (χ2n) is 7.15. The average molecular weight is 432 g/mol. The molecule has 0 spiro atoms. The van der Waals surface area contributed by atoms with Crippen molar-refractivity contribution in [3.8, 4) is 5.75 Å². The van der Waals surface area contributed by atoms with E-state index in [-0.39, 0.29) is 11.7 Å². The van der Waals surface area contributed by atoms with Crippen molar-refractivity contribution in [2.45, 2.75) is 11.7 Å². The fourth-order valence-corrected chi connectivity index (χ4v) is 4.50. The van der Waals surface area contributed by atoms with Crippen LogP contribution in [0.2, 0.25) is 0 Å². The molecule has 0 bridgehead atoms. The lowest BCUT2D eigenvalue weighted by molar-refractivity contribution is -0.113. The molecule has 4 aromatic rings. The van der Waals surface area contributed by atoms with Gasteiger partial charge in [0.15, 0.2) is 5.16 Å². The molecule has 1 aliphatic rings. The third-order valence-corrected chi connectivity index (χ3v) is 6.23. The van der Waals surface area contributed by atoms with E-state index in [9.17, 15) is 4.79 Å². The molecule has 2 heterocycles. The van der Waals surface area contributed by atoms with Gasteiger partial charge >= 0.3 is 0 Å². The van der Waals surface area contributed by atoms with Crippen LogP contribution < -0.4 is 15.0 Å². The van der Waals surface area contributed by atoms with E-state index in [2.05, 4.69) is 25.0 Å². The molecule has 31 heavy (non-hydrogen) atoms. The Morgan fingerprint density at radius 2 is 1.84 bits per heavy atom. The van der Waals surface area contributed by atoms with Gasteiger partial charge < -0.3 is 15.0 Å². The second kappa shape index (κ2) is 8.31. The fourth-order valence-electron chi connectivity index (χ4n) is 3.74. The summed E-state index contributed by atoms with van der Waals surface area (Å²) >= 11 is 1.40. The Hall–Kier alpha value is -3.52. The van der Waals surface area contributed by atoms with E-state index in [1.54, 1.807) is 7.11 Å². The van der Waals surface area contributed by atoms with Crippen LogP contribution in [0.5, 0.6) is 5.75 Å². The highest BCUT2D eigenvalue weighted by Gasteiger charge is 2.26. The number of nitrogens with zero attached hydrogens (tertiary/aromatic N) is 4. The van der Waals surface area contributed by atoms with Gasteiger partial charge in [-0.3, -0.25) is 9.36 Å². The normalized spacial score (nSPS) is 12.7. The first-order valence-corrected chi connectivity index (χ1v) is 11.0. The Kier molecular flexibility index (Phi) is 5.21. The number of rotatable bonds is 6. The molecule has 0 fully saturated rings. The topological polar surface area (TPSA) is 72.3 Å². The molecule has 5 rings (SSSR count). The van der Waals surface area contributed by atoms with Gasteiger partial charge in [-0.05, 0) is 35.7 Å². The molecule has 0 aliphatic carbocycles. The van der Waals surface area contributed by atoms with Crippen LogP contribution in [-0.2, 0) is 11.3 Å². The molecule has 1 N–H and O–H groups in total. The Labute approximate surface area is 184 Å². The minimum Gasteiger partial charge on any atom is -0.497 e. The van der Waals surface area contributed by atoms with Crippen LogP contribution in [0.3, 0.4) is 0 Å². The zero-order valence-electron chi connectivity index (χ0n) is 17.0. The highest BCUT2D eigenvalue weighted by molar-refractivity contribution is 7.99. The first-order chi connectivity index (χ1) is 15.2. The number of amides is 1. The number of carbonyl (C=O) groups excluding carboxylic acids is 1. The van der Waals surface area contributed by atoms with Crippen LogP contribution >= 0.6 is 11.8 Å². The van der Waals surface area contributed by atoms with Crippen molar-refractivity contribution >= 4 is 45.8 Å². The molecule has 8 heteroatoms. The highest BCUT2D eigenvalue weighted by atomic mass is 32.2. The third kappa shape index (κ3) is 3.82. The van der Waals surface area contributed by atoms with Crippen LogP contribution in [0, 0.1) is 0 Å². The smallest absolute Gasteiger partial charge is 0.234 e. The van der Waals surface area contributed by atoms with Crippen LogP contribution in [-0.4, -0.2) is 40.1 Å². The first-order valence-electron chi connectivity index (χ1n) is 9.98. The minimum absolute atomic E-state index is 0.0660. The van der Waals surface area contributed by atoms with Crippen LogP contribution in [0.25, 0.3) is 10.8 Å². The van der Waals surface area contributed by atoms with Crippen LogP contribution in [0.4, 0.5) is 17.3 Å². The lowest BCUT2D eigenvalue weighted by atomic mass is 10.1. The van der Waals surface area contributed by atoms with Gasteiger partial charge in [0.05, 0.1) is 12.9 Å². The van der Waals surface area contributed by atoms with Gasteiger partial charge in [0, 0.05) is 29.9 Å². The van der Waals surface area contributed by atoms with E-state index in [0.29, 0.717) is 0 Å². The van der Waals surface area contributed by atoms with Gasteiger partial charge in [0.1, 0.15) is 5.75 Å². The number of anilines is 3. The number of methoxy groups -OCH3 is 1. The highest BCUT2D eigenvalue weighted by Crippen LogP contribution is 2.33. The van der Waals surface area contributed by atoms with E-state index in [0.717, 1.165) is 52.1 Å². The summed E-state index contributed by atoms with van der Waals surface area (Å²) in [6.07, 6.45) is 0. The molecule has 1 aromatic heterocycles. The van der Waals surface area contributed by atoms with Gasteiger partial charge in [0.2, 0.25) is 11.9 Å². The summed E-state index contributed by atoms with van der Waals surface area (Å²) in [5.41, 5.74) is 1.86. The average Bonchev–Trinajstić information content (AvgIpc) is 3.40. The Morgan fingerprint density at radius 3 is 2.68 bits per heavy atom. The van der Waals surface area contributed by atoms with Crippen molar-refractivity contribution in [1.29, 1.82) is 0 Å². The lowest BCUT2D eigenvalue weighted by Gasteiger charge is -2.15. The number of carbonyl (C=O) groups is 1. The van der Waals surface area contributed by atoms with Gasteiger partial charge in [-0.2, -0.15) is 0 Å². The van der Waals surface area contributed by atoms with E-state index < -0.39 is 0 Å². The Morgan fingerprint density at radius 1 is 1.03 bits per heavy atom. The lowest BCUT2D eigenvalue weighted by Crippen LogP contribution is -2.15. The van der Waals surface area contributed by atoms with Crippen molar-refractivity contribution < 1.29 is 9.53 Å². The van der Waals surface area contributed by atoms with E-state index in [1.807, 2.05) is 66.7 Å². The molecular weight excluding hydrogens is 410 g/mol. The molecule has 3 aromatic carbocycles. The van der Waals surface area contributed by atoms with Gasteiger partial charge in [-0.1, -0.05) is 48.2 Å². The number of hydrogen-bond acceptors (Lipinski definition) is 6. The SMILES string of the molecule is COc1ccc(N2CCn3c(SCC(=O)Nc4cccc5ccccc45)nnc32)cc1. The Balaban J connectivity index is 1.26. The summed E-state index contributed by atoms with van der Waals surface area (Å²) in [6, 6.07) is 21.8. The predicted octanol–water partition coefficient (Wildman–Crippen LogP) is 4.32. The van der Waals surface area contributed by atoms with E-state index in [1.165, 1.54) is 11.8 Å². The van der Waals surface area contributed by atoms with E-state index in [4.69, 9.17) is 4.74 Å². The standard InChI is InChI=1S/C23H21N5O2S/c1-30-18-11-9-17(10-12-18)27-13-14-28-22(27)25-26-23(28)31-15-21(29)24-20-8-4-6-16-5-2-3-7-19(16)20/h2-12H,13-15H2,1H3,(H,24,29). The molecule has 0 saturated carbocycles. The quantitative estimate of drug-likeness (QED) is 0.459. The number of nitrogens with one attached hydrogen (secondary N) is 1. The van der Waals surface area contributed by atoms with E-state index >= 15 is 0 Å². The van der Waals surface area contributed by atoms with Gasteiger partial charge in [-0.25, -0.2) is 0 Å². The van der Waals surface area contributed by atoms with Crippen molar-refractivity contribution in [3.05, 3.63) is 66.7 Å². The monoisotopic (exact) mass is 431 g/mol. The molecule has 1 aliphatic heterocycles. The summed E-state index contributed by atoms with van der Waals surface area (Å²) in [5, 5.41) is 14.6. The van der Waals surface area contributed by atoms with Crippen molar-refractivity contribution in [3.63, 3.8) is 0 Å². The number of benzene rings is 3. The number of ether oxygens (including phenoxy) is 1. The maximum absolute atomic E-state index is 12.6. The zero-order valence-corrected chi connectivity index (χ0v) is 17.8. The molecule has 156 valence electrons. The fraction of sp³-hybridized carbons (Fsp3) is 0.174. The summed E-state index contributed by atoms with van der Waals surface area (Å²) in [6.45, 7) is 1.59. The van der Waals surface area contributed by atoms with Gasteiger partial charge in [0.25, 0.3) is 0 Å². The maximum Gasteiger partial charge on any atom is 0.234 e. The summed E-state index contributed by atoms with van der Waals surface area (Å²) < 4.78 is 7.29. The summed E-state index contributed by atoms with van der Waals surface area (Å²) in [4.78, 5) is 14.7. The molecule has 0 radical (unpaired) electrons. The number of thioether (sulfide) groups is 1. The molecule has 0 atom stereocenters. The number of hydrogen-bond donors (Lipinski definition) is 1. The molecule has 0 saturated heterocycles. The molecule has 1 amide bonds. The number of fused-ring (bicyclic) bond motifs is 2. The largest absolute Gasteiger partial charge is 0.497 e. The van der Waals surface area contributed by atoms with Crippen molar-refractivity contribution in [2.24, 2.45) is 0 Å². The zero-order chi connectivity index (χ0) is 21.2. The molecule has 7 nitrogen and oxygen atoms in total. The summed E-state index contributed by atoms with van der Waals surface area (Å²) in [5.74, 6) is 1.81. The van der Waals surface area contributed by atoms with Crippen molar-refractivity contribution in [1.82, 2.24) is 14.8 Å². The maximum atomic E-state index is 12.6. The molecular formula is C23H21N5O2S. The number of aromatic nitrogens is 3. The van der Waals surface area contributed by atoms with Crippen LogP contribution in [0.1, 0.15) is 0 Å².